The highest BCUT2D eigenvalue weighted by molar-refractivity contribution is 5.78. The van der Waals surface area contributed by atoms with Gasteiger partial charge in [-0.25, -0.2) is 4.98 Å². The molecule has 0 radical (unpaired) electrons. The highest BCUT2D eigenvalue weighted by Gasteiger charge is 1.96. The number of hydrogen-bond acceptors (Lipinski definition) is 3. The smallest absolute Gasteiger partial charge is 0.305 e. The van der Waals surface area contributed by atoms with Crippen molar-refractivity contribution < 1.29 is 9.90 Å². The number of hydrogen-bond donors (Lipinski definition) is 2. The molecule has 0 spiro atoms. The van der Waals surface area contributed by atoms with Gasteiger partial charge >= 0.3 is 5.97 Å². The van der Waals surface area contributed by atoms with Gasteiger partial charge in [-0.3, -0.25) is 9.79 Å². The summed E-state index contributed by atoms with van der Waals surface area (Å²) in [7, 11) is 0. The van der Waals surface area contributed by atoms with Crippen LogP contribution < -0.4 is 0 Å². The lowest BCUT2D eigenvalue weighted by molar-refractivity contribution is -0.136. The summed E-state index contributed by atoms with van der Waals surface area (Å²) in [5.74, 6) is -0.837. The van der Waals surface area contributed by atoms with Crippen molar-refractivity contribution in [2.45, 2.75) is 13.3 Å². The fraction of sp³-hybridized carbons (Fsp3) is 0.375. The predicted molar refractivity (Wildman–Crippen MR) is 48.0 cm³/mol. The number of imidazole rings is 1. The van der Waals surface area contributed by atoms with Crippen molar-refractivity contribution in [3.8, 4) is 0 Å². The van der Waals surface area contributed by atoms with E-state index >= 15 is 0 Å². The lowest BCUT2D eigenvalue weighted by atomic mass is 10.4. The number of aliphatic imine (C=N–C) groups is 1. The molecule has 0 aliphatic carbocycles. The summed E-state index contributed by atoms with van der Waals surface area (Å²) in [4.78, 5) is 20.9. The van der Waals surface area contributed by atoms with E-state index in [4.69, 9.17) is 5.11 Å². The Morgan fingerprint density at radius 3 is 3.15 bits per heavy atom. The van der Waals surface area contributed by atoms with E-state index in [-0.39, 0.29) is 6.42 Å². The van der Waals surface area contributed by atoms with E-state index < -0.39 is 5.97 Å². The fourth-order valence-electron chi connectivity index (χ4n) is 0.811. The maximum atomic E-state index is 10.1. The normalized spacial score (nSPS) is 10.8. The molecule has 5 nitrogen and oxygen atoms in total. The average molecular weight is 181 g/mol. The van der Waals surface area contributed by atoms with Gasteiger partial charge in [0, 0.05) is 18.5 Å². The molecule has 70 valence electrons. The number of nitrogens with zero attached hydrogens (tertiary/aromatic N) is 2. The first kappa shape index (κ1) is 9.44. The predicted octanol–water partition coefficient (Wildman–Crippen LogP) is 0.612. The summed E-state index contributed by atoms with van der Waals surface area (Å²) in [5, 5.41) is 8.33. The SMILES string of the molecule is Cc1[nH]cnc1C=NCCC(=O)O. The molecule has 1 heterocycles. The van der Waals surface area contributed by atoms with Crippen LogP contribution in [0, 0.1) is 6.92 Å². The summed E-state index contributed by atoms with van der Waals surface area (Å²) >= 11 is 0. The van der Waals surface area contributed by atoms with Crippen molar-refractivity contribution in [2.75, 3.05) is 6.54 Å². The second-order valence-corrected chi connectivity index (χ2v) is 2.59. The summed E-state index contributed by atoms with van der Waals surface area (Å²) < 4.78 is 0. The number of carboxylic acid groups (broad SMARTS) is 1. The molecule has 0 saturated heterocycles. The second kappa shape index (κ2) is 4.39. The Hall–Kier alpha value is -1.65. The molecule has 0 aromatic carbocycles. The third kappa shape index (κ3) is 3.06. The molecule has 1 aromatic heterocycles. The zero-order valence-electron chi connectivity index (χ0n) is 7.32. The molecule has 2 N–H and O–H groups in total. The number of rotatable bonds is 4. The number of carboxylic acids is 1. The molecule has 0 atom stereocenters. The van der Waals surface area contributed by atoms with Crippen molar-refractivity contribution in [3.63, 3.8) is 0 Å². The van der Waals surface area contributed by atoms with Gasteiger partial charge < -0.3 is 10.1 Å². The molecule has 0 fully saturated rings. The van der Waals surface area contributed by atoms with E-state index in [9.17, 15) is 4.79 Å². The van der Waals surface area contributed by atoms with E-state index in [0.717, 1.165) is 11.4 Å². The van der Waals surface area contributed by atoms with Gasteiger partial charge in [-0.15, -0.1) is 0 Å². The highest BCUT2D eigenvalue weighted by Crippen LogP contribution is 1.95. The van der Waals surface area contributed by atoms with E-state index in [1.165, 1.54) is 0 Å². The van der Waals surface area contributed by atoms with Crippen LogP contribution in [0.3, 0.4) is 0 Å². The van der Waals surface area contributed by atoms with E-state index in [1.54, 1.807) is 12.5 Å². The van der Waals surface area contributed by atoms with Crippen molar-refractivity contribution in [3.05, 3.63) is 17.7 Å². The molecule has 0 bridgehead atoms. The van der Waals surface area contributed by atoms with Crippen molar-refractivity contribution in [1.82, 2.24) is 9.97 Å². The van der Waals surface area contributed by atoms with Crippen LogP contribution in [-0.4, -0.2) is 33.8 Å². The quantitative estimate of drug-likeness (QED) is 0.668. The largest absolute Gasteiger partial charge is 0.481 e. The Bertz CT molecular complexity index is 317. The average Bonchev–Trinajstić information content (AvgIpc) is 2.45. The number of H-pyrrole nitrogens is 1. The minimum absolute atomic E-state index is 0.0555. The van der Waals surface area contributed by atoms with Crippen LogP contribution in [0.1, 0.15) is 17.8 Å². The Morgan fingerprint density at radius 2 is 2.62 bits per heavy atom. The number of aliphatic carboxylic acids is 1. The van der Waals surface area contributed by atoms with Crippen molar-refractivity contribution >= 4 is 12.2 Å². The Morgan fingerprint density at radius 1 is 1.85 bits per heavy atom. The minimum atomic E-state index is -0.837. The third-order valence-electron chi connectivity index (χ3n) is 1.54. The number of aromatic amines is 1. The molecule has 5 heteroatoms. The fourth-order valence-corrected chi connectivity index (χ4v) is 0.811. The van der Waals surface area contributed by atoms with Gasteiger partial charge in [0.25, 0.3) is 0 Å². The number of nitrogens with one attached hydrogen (secondary N) is 1. The van der Waals surface area contributed by atoms with Gasteiger partial charge in [-0.1, -0.05) is 0 Å². The van der Waals surface area contributed by atoms with Gasteiger partial charge in [-0.05, 0) is 6.92 Å². The van der Waals surface area contributed by atoms with Gasteiger partial charge in [0.2, 0.25) is 0 Å². The molecule has 0 amide bonds. The molecule has 0 aliphatic heterocycles. The van der Waals surface area contributed by atoms with Gasteiger partial charge in [0.15, 0.2) is 0 Å². The molecule has 0 unspecified atom stereocenters. The van der Waals surface area contributed by atoms with Gasteiger partial charge in [-0.2, -0.15) is 0 Å². The molecule has 0 aliphatic rings. The van der Waals surface area contributed by atoms with Crippen molar-refractivity contribution in [2.24, 2.45) is 4.99 Å². The summed E-state index contributed by atoms with van der Waals surface area (Å²) in [5.41, 5.74) is 1.68. The van der Waals surface area contributed by atoms with Gasteiger partial charge in [0.1, 0.15) is 5.69 Å². The summed E-state index contributed by atoms with van der Waals surface area (Å²) in [6.07, 6.45) is 3.21. The van der Waals surface area contributed by atoms with Crippen LogP contribution >= 0.6 is 0 Å². The Balaban J connectivity index is 2.41. The lowest BCUT2D eigenvalue weighted by Gasteiger charge is -1.89. The zero-order valence-corrected chi connectivity index (χ0v) is 7.32. The lowest BCUT2D eigenvalue weighted by Crippen LogP contribution is -1.97. The standard InChI is InChI=1S/C8H11N3O2/c1-6-7(11-5-10-6)4-9-3-2-8(12)13/h4-5H,2-3H2,1H3,(H,10,11)(H,12,13). The second-order valence-electron chi connectivity index (χ2n) is 2.59. The number of carbonyl (C=O) groups is 1. The monoisotopic (exact) mass is 181 g/mol. The van der Waals surface area contributed by atoms with Crippen LogP contribution in [0.15, 0.2) is 11.3 Å². The minimum Gasteiger partial charge on any atom is -0.481 e. The van der Waals surface area contributed by atoms with Crippen LogP contribution in [-0.2, 0) is 4.79 Å². The molecule has 1 aromatic rings. The maximum Gasteiger partial charge on any atom is 0.305 e. The number of aryl methyl sites for hydroxylation is 1. The summed E-state index contributed by atoms with van der Waals surface area (Å²) in [6, 6.07) is 0. The van der Waals surface area contributed by atoms with E-state index in [0.29, 0.717) is 6.54 Å². The highest BCUT2D eigenvalue weighted by atomic mass is 16.4. The topological polar surface area (TPSA) is 78.3 Å². The van der Waals surface area contributed by atoms with Crippen molar-refractivity contribution in [1.29, 1.82) is 0 Å². The Labute approximate surface area is 75.5 Å². The summed E-state index contributed by atoms with van der Waals surface area (Å²) in [6.45, 7) is 2.17. The van der Waals surface area contributed by atoms with E-state index in [2.05, 4.69) is 15.0 Å². The number of aromatic nitrogens is 2. The zero-order chi connectivity index (χ0) is 9.68. The van der Waals surface area contributed by atoms with Crippen LogP contribution in [0.5, 0.6) is 0 Å². The van der Waals surface area contributed by atoms with E-state index in [1.807, 2.05) is 6.92 Å². The van der Waals surface area contributed by atoms with Crippen LogP contribution in [0.25, 0.3) is 0 Å². The van der Waals surface area contributed by atoms with Gasteiger partial charge in [0.05, 0.1) is 12.7 Å². The molecular weight excluding hydrogens is 170 g/mol. The van der Waals surface area contributed by atoms with Crippen LogP contribution in [0.4, 0.5) is 0 Å². The molecule has 1 rings (SSSR count). The first-order valence-corrected chi connectivity index (χ1v) is 3.91. The first-order chi connectivity index (χ1) is 6.20. The van der Waals surface area contributed by atoms with Crippen LogP contribution in [0.2, 0.25) is 0 Å². The maximum absolute atomic E-state index is 10.1. The molecule has 0 saturated carbocycles. The third-order valence-corrected chi connectivity index (χ3v) is 1.54. The first-order valence-electron chi connectivity index (χ1n) is 3.91. The molecule has 13 heavy (non-hydrogen) atoms. The molecular formula is C8H11N3O2. The Kier molecular flexibility index (Phi) is 3.19.